The third-order valence-corrected chi connectivity index (χ3v) is 4.05. The molecule has 0 spiro atoms. The standard InChI is InChI=1S/C17H19N3O3/c1-23-13-6-4-12(5-7-13)3-2-8-20-10-15-14(18-11-19-15)9-16(20)17(21)22/h2-7,11,16H,8-10H2,1H3,(H,18,19)(H,21,22)/b3-2+. The number of hydrogen-bond acceptors (Lipinski definition) is 4. The van der Waals surface area contributed by atoms with Crippen LogP contribution in [0.5, 0.6) is 5.75 Å². The molecule has 0 aliphatic carbocycles. The van der Waals surface area contributed by atoms with Crippen LogP contribution in [0.2, 0.25) is 0 Å². The van der Waals surface area contributed by atoms with E-state index in [2.05, 4.69) is 9.97 Å². The summed E-state index contributed by atoms with van der Waals surface area (Å²) in [5.74, 6) is 0.00685. The fourth-order valence-corrected chi connectivity index (χ4v) is 2.76. The molecule has 2 heterocycles. The van der Waals surface area contributed by atoms with Gasteiger partial charge in [0.15, 0.2) is 0 Å². The average Bonchev–Trinajstić information content (AvgIpc) is 3.02. The van der Waals surface area contributed by atoms with Gasteiger partial charge in [0.2, 0.25) is 0 Å². The molecule has 23 heavy (non-hydrogen) atoms. The molecular formula is C17H19N3O3. The first kappa shape index (κ1) is 15.3. The lowest BCUT2D eigenvalue weighted by atomic mass is 10.0. The van der Waals surface area contributed by atoms with Gasteiger partial charge in [0.1, 0.15) is 11.8 Å². The second kappa shape index (κ2) is 6.66. The zero-order valence-corrected chi connectivity index (χ0v) is 12.9. The monoisotopic (exact) mass is 313 g/mol. The first-order valence-electron chi connectivity index (χ1n) is 7.46. The third-order valence-electron chi connectivity index (χ3n) is 4.05. The van der Waals surface area contributed by atoms with Crippen molar-refractivity contribution in [3.63, 3.8) is 0 Å². The first-order valence-corrected chi connectivity index (χ1v) is 7.46. The number of nitrogens with zero attached hydrogens (tertiary/aromatic N) is 2. The Morgan fingerprint density at radius 2 is 2.26 bits per heavy atom. The van der Waals surface area contributed by atoms with Crippen molar-refractivity contribution in [2.45, 2.75) is 19.0 Å². The van der Waals surface area contributed by atoms with E-state index >= 15 is 0 Å². The van der Waals surface area contributed by atoms with Gasteiger partial charge in [0.05, 0.1) is 24.8 Å². The summed E-state index contributed by atoms with van der Waals surface area (Å²) in [5, 5.41) is 9.43. The molecule has 1 unspecified atom stereocenters. The number of hydrogen-bond donors (Lipinski definition) is 2. The number of aromatic amines is 1. The van der Waals surface area contributed by atoms with Gasteiger partial charge in [-0.3, -0.25) is 9.69 Å². The molecule has 6 heteroatoms. The second-order valence-electron chi connectivity index (χ2n) is 5.49. The van der Waals surface area contributed by atoms with Crippen LogP contribution in [0.3, 0.4) is 0 Å². The predicted octanol–water partition coefficient (Wildman–Crippen LogP) is 1.94. The van der Waals surface area contributed by atoms with E-state index in [1.165, 1.54) is 0 Å². The van der Waals surface area contributed by atoms with E-state index in [4.69, 9.17) is 4.74 Å². The van der Waals surface area contributed by atoms with Crippen LogP contribution in [-0.4, -0.2) is 45.6 Å². The van der Waals surface area contributed by atoms with Crippen LogP contribution < -0.4 is 4.74 Å². The molecule has 120 valence electrons. The SMILES string of the molecule is COc1ccc(/C=C/CN2Cc3[nH]cnc3CC2C(=O)O)cc1. The van der Waals surface area contributed by atoms with Crippen molar-refractivity contribution in [2.75, 3.05) is 13.7 Å². The van der Waals surface area contributed by atoms with Crippen LogP contribution in [0, 0.1) is 0 Å². The largest absolute Gasteiger partial charge is 0.497 e. The Hall–Kier alpha value is -2.60. The quantitative estimate of drug-likeness (QED) is 0.882. The lowest BCUT2D eigenvalue weighted by molar-refractivity contribution is -0.143. The fraction of sp³-hybridized carbons (Fsp3) is 0.294. The van der Waals surface area contributed by atoms with Gasteiger partial charge in [-0.25, -0.2) is 4.98 Å². The molecule has 1 aromatic carbocycles. The van der Waals surface area contributed by atoms with Crippen LogP contribution in [0.25, 0.3) is 6.08 Å². The molecule has 2 N–H and O–H groups in total. The van der Waals surface area contributed by atoms with E-state index in [9.17, 15) is 9.90 Å². The lowest BCUT2D eigenvalue weighted by Gasteiger charge is -2.31. The number of H-pyrrole nitrogens is 1. The maximum atomic E-state index is 11.5. The summed E-state index contributed by atoms with van der Waals surface area (Å²) in [6.07, 6.45) is 6.03. The van der Waals surface area contributed by atoms with Crippen molar-refractivity contribution in [1.82, 2.24) is 14.9 Å². The Balaban J connectivity index is 1.68. The molecule has 2 aromatic rings. The molecule has 1 aliphatic heterocycles. The molecule has 0 bridgehead atoms. The topological polar surface area (TPSA) is 78.5 Å². The lowest BCUT2D eigenvalue weighted by Crippen LogP contribution is -2.45. The molecule has 1 atom stereocenters. The minimum Gasteiger partial charge on any atom is -0.497 e. The van der Waals surface area contributed by atoms with Gasteiger partial charge in [0.25, 0.3) is 0 Å². The predicted molar refractivity (Wildman–Crippen MR) is 86.2 cm³/mol. The maximum Gasteiger partial charge on any atom is 0.321 e. The highest BCUT2D eigenvalue weighted by molar-refractivity contribution is 5.74. The molecule has 0 saturated heterocycles. The van der Waals surface area contributed by atoms with E-state index in [0.717, 1.165) is 22.7 Å². The maximum absolute atomic E-state index is 11.5. The van der Waals surface area contributed by atoms with Gasteiger partial charge < -0.3 is 14.8 Å². The number of carbonyl (C=O) groups is 1. The normalized spacial score (nSPS) is 18.0. The molecule has 1 aliphatic rings. The molecule has 0 amide bonds. The highest BCUT2D eigenvalue weighted by Crippen LogP contribution is 2.21. The van der Waals surface area contributed by atoms with Gasteiger partial charge in [-0.2, -0.15) is 0 Å². The molecular weight excluding hydrogens is 294 g/mol. The van der Waals surface area contributed by atoms with E-state index in [1.807, 2.05) is 41.3 Å². The molecule has 0 fully saturated rings. The number of aliphatic carboxylic acids is 1. The molecule has 0 radical (unpaired) electrons. The smallest absolute Gasteiger partial charge is 0.321 e. The van der Waals surface area contributed by atoms with Crippen molar-refractivity contribution >= 4 is 12.0 Å². The number of fused-ring (bicyclic) bond motifs is 1. The van der Waals surface area contributed by atoms with Crippen LogP contribution in [0.15, 0.2) is 36.7 Å². The van der Waals surface area contributed by atoms with Crippen molar-refractivity contribution in [3.8, 4) is 5.75 Å². The summed E-state index contributed by atoms with van der Waals surface area (Å²) >= 11 is 0. The van der Waals surface area contributed by atoms with Gasteiger partial charge >= 0.3 is 5.97 Å². The highest BCUT2D eigenvalue weighted by atomic mass is 16.5. The van der Waals surface area contributed by atoms with Crippen LogP contribution >= 0.6 is 0 Å². The number of carboxylic acids is 1. The van der Waals surface area contributed by atoms with Gasteiger partial charge in [-0.1, -0.05) is 24.3 Å². The van der Waals surface area contributed by atoms with Crippen molar-refractivity contribution in [3.05, 3.63) is 53.6 Å². The van der Waals surface area contributed by atoms with Crippen molar-refractivity contribution < 1.29 is 14.6 Å². The zero-order valence-electron chi connectivity index (χ0n) is 12.9. The Labute approximate surface area is 134 Å². The highest BCUT2D eigenvalue weighted by Gasteiger charge is 2.31. The molecule has 3 rings (SSSR count). The van der Waals surface area contributed by atoms with E-state index < -0.39 is 12.0 Å². The summed E-state index contributed by atoms with van der Waals surface area (Å²) in [4.78, 5) is 20.7. The Morgan fingerprint density at radius 1 is 1.48 bits per heavy atom. The number of ether oxygens (including phenoxy) is 1. The Bertz CT molecular complexity index is 706. The van der Waals surface area contributed by atoms with Gasteiger partial charge in [0, 0.05) is 19.5 Å². The number of rotatable bonds is 5. The van der Waals surface area contributed by atoms with Crippen LogP contribution in [0.4, 0.5) is 0 Å². The van der Waals surface area contributed by atoms with Crippen LogP contribution in [-0.2, 0) is 17.8 Å². The van der Waals surface area contributed by atoms with Crippen molar-refractivity contribution in [1.29, 1.82) is 0 Å². The number of methoxy groups -OCH3 is 1. The summed E-state index contributed by atoms with van der Waals surface area (Å²) in [6, 6.07) is 7.20. The number of nitrogens with one attached hydrogen (secondary N) is 1. The molecule has 0 saturated carbocycles. The van der Waals surface area contributed by atoms with Crippen LogP contribution in [0.1, 0.15) is 17.0 Å². The minimum atomic E-state index is -0.809. The fourth-order valence-electron chi connectivity index (χ4n) is 2.76. The minimum absolute atomic E-state index is 0.435. The van der Waals surface area contributed by atoms with E-state index in [-0.39, 0.29) is 0 Å². The van der Waals surface area contributed by atoms with E-state index in [1.54, 1.807) is 13.4 Å². The summed E-state index contributed by atoms with van der Waals surface area (Å²) < 4.78 is 5.13. The third kappa shape index (κ3) is 3.43. The number of benzene rings is 1. The molecule has 6 nitrogen and oxygen atoms in total. The van der Waals surface area contributed by atoms with E-state index in [0.29, 0.717) is 19.5 Å². The number of aromatic nitrogens is 2. The van der Waals surface area contributed by atoms with Gasteiger partial charge in [-0.05, 0) is 17.7 Å². The average molecular weight is 313 g/mol. The number of carboxylic acid groups (broad SMARTS) is 1. The molecule has 1 aromatic heterocycles. The summed E-state index contributed by atoms with van der Waals surface area (Å²) in [6.45, 7) is 1.14. The zero-order chi connectivity index (χ0) is 16.2. The number of imidazole rings is 1. The second-order valence-corrected chi connectivity index (χ2v) is 5.49. The Kier molecular flexibility index (Phi) is 4.43. The van der Waals surface area contributed by atoms with Crippen molar-refractivity contribution in [2.24, 2.45) is 0 Å². The summed E-state index contributed by atoms with van der Waals surface area (Å²) in [7, 11) is 1.64. The van der Waals surface area contributed by atoms with Gasteiger partial charge in [-0.15, -0.1) is 0 Å². The summed E-state index contributed by atoms with van der Waals surface area (Å²) in [5.41, 5.74) is 2.91. The first-order chi connectivity index (χ1) is 11.2. The Morgan fingerprint density at radius 3 is 2.96 bits per heavy atom.